The Balaban J connectivity index is 0.00000132. The van der Waals surface area contributed by atoms with Crippen molar-refractivity contribution in [2.75, 3.05) is 0 Å². The lowest BCUT2D eigenvalue weighted by Gasteiger charge is -2.05. The number of hydrogen-bond donors (Lipinski definition) is 2. The fourth-order valence-corrected chi connectivity index (χ4v) is 2.38. The van der Waals surface area contributed by atoms with E-state index in [9.17, 15) is 4.79 Å². The van der Waals surface area contributed by atoms with Crippen LogP contribution in [0.4, 0.5) is 0 Å². The number of allylic oxidation sites excluding steroid dienone is 4. The number of H-pyrrole nitrogens is 2. The van der Waals surface area contributed by atoms with Gasteiger partial charge in [-0.25, -0.2) is 0 Å². The quantitative estimate of drug-likeness (QED) is 0.762. The van der Waals surface area contributed by atoms with E-state index in [1.807, 2.05) is 54.6 Å². The lowest BCUT2D eigenvalue weighted by Crippen LogP contribution is -2.08. The Labute approximate surface area is 126 Å². The van der Waals surface area contributed by atoms with E-state index < -0.39 is 0 Å². The van der Waals surface area contributed by atoms with E-state index in [1.165, 1.54) is 0 Å². The SMILES string of the molecule is Cl.O=c1[nH]c2n[nH]c(C3=CC=C3)c2cc1-c1ccccc1. The topological polar surface area (TPSA) is 61.5 Å². The second-order valence-corrected chi connectivity index (χ2v) is 4.72. The molecule has 2 heterocycles. The summed E-state index contributed by atoms with van der Waals surface area (Å²) in [4.78, 5) is 15.0. The van der Waals surface area contributed by atoms with Gasteiger partial charge in [-0.1, -0.05) is 48.6 Å². The number of halogens is 1. The molecular weight excluding hydrogens is 286 g/mol. The van der Waals surface area contributed by atoms with Gasteiger partial charge in [-0.3, -0.25) is 9.89 Å². The standard InChI is InChI=1S/C16H11N3O.ClH/c20-16-12(10-5-2-1-3-6-10)9-13-14(11-7-4-8-11)18-19-15(13)17-16;/h1-9H,(H2,17,18,19,20);1H. The zero-order valence-corrected chi connectivity index (χ0v) is 11.8. The number of rotatable bonds is 2. The summed E-state index contributed by atoms with van der Waals surface area (Å²) in [6.07, 6.45) is 6.01. The second-order valence-electron chi connectivity index (χ2n) is 4.72. The van der Waals surface area contributed by atoms with Gasteiger partial charge in [-0.05, 0) is 11.6 Å². The van der Waals surface area contributed by atoms with Crippen LogP contribution >= 0.6 is 12.4 Å². The predicted molar refractivity (Wildman–Crippen MR) is 86.5 cm³/mol. The maximum atomic E-state index is 12.2. The molecule has 2 N–H and O–H groups in total. The summed E-state index contributed by atoms with van der Waals surface area (Å²) in [5.41, 5.74) is 4.06. The predicted octanol–water partition coefficient (Wildman–Crippen LogP) is 3.29. The zero-order chi connectivity index (χ0) is 13.5. The van der Waals surface area contributed by atoms with Crippen LogP contribution in [0.3, 0.4) is 0 Å². The number of fused-ring (bicyclic) bond motifs is 1. The van der Waals surface area contributed by atoms with Gasteiger partial charge in [0, 0.05) is 16.5 Å². The lowest BCUT2D eigenvalue weighted by molar-refractivity contribution is 1.08. The molecule has 0 fully saturated rings. The van der Waals surface area contributed by atoms with E-state index in [0.29, 0.717) is 11.2 Å². The Bertz CT molecular complexity index is 920. The molecule has 0 radical (unpaired) electrons. The van der Waals surface area contributed by atoms with Crippen molar-refractivity contribution in [3.8, 4) is 11.1 Å². The molecule has 1 aromatic carbocycles. The van der Waals surface area contributed by atoms with Crippen molar-refractivity contribution in [3.05, 3.63) is 70.7 Å². The van der Waals surface area contributed by atoms with Crippen LogP contribution in [0.2, 0.25) is 0 Å². The van der Waals surface area contributed by atoms with E-state index >= 15 is 0 Å². The summed E-state index contributed by atoms with van der Waals surface area (Å²) < 4.78 is 0. The average molecular weight is 298 g/mol. The Morgan fingerprint density at radius 3 is 2.52 bits per heavy atom. The van der Waals surface area contributed by atoms with Crippen LogP contribution < -0.4 is 5.56 Å². The number of pyridine rings is 1. The van der Waals surface area contributed by atoms with Gasteiger partial charge in [0.25, 0.3) is 5.56 Å². The highest BCUT2D eigenvalue weighted by atomic mass is 35.5. The van der Waals surface area contributed by atoms with Crippen LogP contribution in [0, 0.1) is 0 Å². The third-order valence-corrected chi connectivity index (χ3v) is 3.49. The summed E-state index contributed by atoms with van der Waals surface area (Å²) >= 11 is 0. The Morgan fingerprint density at radius 2 is 1.86 bits per heavy atom. The lowest BCUT2D eigenvalue weighted by atomic mass is 10.0. The fourth-order valence-electron chi connectivity index (χ4n) is 2.38. The number of benzene rings is 1. The largest absolute Gasteiger partial charge is 0.305 e. The van der Waals surface area contributed by atoms with Gasteiger partial charge < -0.3 is 4.98 Å². The molecule has 1 aliphatic carbocycles. The minimum Gasteiger partial charge on any atom is -0.305 e. The van der Waals surface area contributed by atoms with Crippen molar-refractivity contribution < 1.29 is 0 Å². The summed E-state index contributed by atoms with van der Waals surface area (Å²) in [5, 5.41) is 8.07. The third-order valence-electron chi connectivity index (χ3n) is 3.49. The molecule has 104 valence electrons. The molecular formula is C16H12ClN3O. The normalized spacial score (nSPS) is 12.7. The Kier molecular flexibility index (Phi) is 3.23. The average Bonchev–Trinajstić information content (AvgIpc) is 2.80. The first-order valence-electron chi connectivity index (χ1n) is 6.38. The molecule has 0 amide bonds. The summed E-state index contributed by atoms with van der Waals surface area (Å²) in [6.45, 7) is 0. The summed E-state index contributed by atoms with van der Waals surface area (Å²) in [6, 6.07) is 11.5. The van der Waals surface area contributed by atoms with Gasteiger partial charge in [0.1, 0.15) is 0 Å². The van der Waals surface area contributed by atoms with Crippen molar-refractivity contribution in [3.63, 3.8) is 0 Å². The molecule has 1 aliphatic rings. The number of aromatic amines is 2. The smallest absolute Gasteiger partial charge is 0.257 e. The van der Waals surface area contributed by atoms with Crippen LogP contribution in [-0.4, -0.2) is 15.2 Å². The molecule has 0 aliphatic heterocycles. The second kappa shape index (κ2) is 5.07. The minimum atomic E-state index is -0.125. The molecule has 5 heteroatoms. The highest BCUT2D eigenvalue weighted by molar-refractivity contribution is 5.95. The van der Waals surface area contributed by atoms with Gasteiger partial charge >= 0.3 is 0 Å². The highest BCUT2D eigenvalue weighted by Gasteiger charge is 2.14. The summed E-state index contributed by atoms with van der Waals surface area (Å²) in [7, 11) is 0. The molecule has 0 saturated heterocycles. The molecule has 4 rings (SSSR count). The molecule has 0 bridgehead atoms. The first-order valence-corrected chi connectivity index (χ1v) is 6.38. The third kappa shape index (κ3) is 2.10. The molecule has 0 unspecified atom stereocenters. The number of nitrogens with zero attached hydrogens (tertiary/aromatic N) is 1. The summed E-state index contributed by atoms with van der Waals surface area (Å²) in [5.74, 6) is 0. The van der Waals surface area contributed by atoms with Crippen LogP contribution in [0.1, 0.15) is 5.69 Å². The number of nitrogens with one attached hydrogen (secondary N) is 2. The monoisotopic (exact) mass is 297 g/mol. The van der Waals surface area contributed by atoms with E-state index in [0.717, 1.165) is 22.2 Å². The molecule has 0 atom stereocenters. The van der Waals surface area contributed by atoms with E-state index in [-0.39, 0.29) is 18.0 Å². The fraction of sp³-hybridized carbons (Fsp3) is 0. The van der Waals surface area contributed by atoms with Crippen LogP contribution in [0.5, 0.6) is 0 Å². The van der Waals surface area contributed by atoms with Gasteiger partial charge in [-0.15, -0.1) is 12.4 Å². The molecule has 21 heavy (non-hydrogen) atoms. The van der Waals surface area contributed by atoms with Crippen LogP contribution in [-0.2, 0) is 0 Å². The zero-order valence-electron chi connectivity index (χ0n) is 11.0. The first-order chi connectivity index (χ1) is 9.83. The van der Waals surface area contributed by atoms with Gasteiger partial charge in [0.15, 0.2) is 5.65 Å². The molecule has 0 spiro atoms. The molecule has 2 aromatic heterocycles. The maximum Gasteiger partial charge on any atom is 0.257 e. The van der Waals surface area contributed by atoms with Crippen molar-refractivity contribution in [2.24, 2.45) is 0 Å². The van der Waals surface area contributed by atoms with Gasteiger partial charge in [0.05, 0.1) is 5.69 Å². The number of aromatic nitrogens is 3. The Morgan fingerprint density at radius 1 is 1.10 bits per heavy atom. The molecule has 4 nitrogen and oxygen atoms in total. The van der Waals surface area contributed by atoms with Crippen LogP contribution in [0.25, 0.3) is 27.7 Å². The van der Waals surface area contributed by atoms with Crippen LogP contribution in [0.15, 0.2) is 59.4 Å². The first kappa shape index (κ1) is 13.4. The minimum absolute atomic E-state index is 0. The number of hydrogen-bond acceptors (Lipinski definition) is 2. The van der Waals surface area contributed by atoms with Crippen molar-refractivity contribution in [1.82, 2.24) is 15.2 Å². The molecule has 3 aromatic rings. The van der Waals surface area contributed by atoms with E-state index in [4.69, 9.17) is 0 Å². The van der Waals surface area contributed by atoms with Crippen molar-refractivity contribution in [2.45, 2.75) is 0 Å². The van der Waals surface area contributed by atoms with Crippen molar-refractivity contribution in [1.29, 1.82) is 0 Å². The Hall–Kier alpha value is -2.59. The van der Waals surface area contributed by atoms with Gasteiger partial charge in [-0.2, -0.15) is 5.10 Å². The maximum absolute atomic E-state index is 12.2. The van der Waals surface area contributed by atoms with Gasteiger partial charge in [0.2, 0.25) is 0 Å². The van der Waals surface area contributed by atoms with E-state index in [2.05, 4.69) is 15.2 Å². The van der Waals surface area contributed by atoms with Crippen molar-refractivity contribution >= 4 is 29.0 Å². The van der Waals surface area contributed by atoms with E-state index in [1.54, 1.807) is 0 Å². The molecule has 0 saturated carbocycles. The highest BCUT2D eigenvalue weighted by Crippen LogP contribution is 2.28.